The first-order valence-electron chi connectivity index (χ1n) is 8.42. The Morgan fingerprint density at radius 3 is 1.96 bits per heavy atom. The number of nitrogens with zero attached hydrogens (tertiary/aromatic N) is 1. The summed E-state index contributed by atoms with van der Waals surface area (Å²) in [6.07, 6.45) is 7.98. The first-order chi connectivity index (χ1) is 12.5. The van der Waals surface area contributed by atoms with Gasteiger partial charge in [0.05, 0.1) is 20.4 Å². The lowest BCUT2D eigenvalue weighted by atomic mass is 10.1. The van der Waals surface area contributed by atoms with Gasteiger partial charge in [-0.15, -0.1) is 11.7 Å². The lowest BCUT2D eigenvalue weighted by Crippen LogP contribution is -2.34. The third kappa shape index (κ3) is 10.2. The molecule has 2 aliphatic carbocycles. The van der Waals surface area contributed by atoms with Gasteiger partial charge in [-0.25, -0.2) is 8.78 Å². The quantitative estimate of drug-likeness (QED) is 0.231. The van der Waals surface area contributed by atoms with Crippen LogP contribution in [0.15, 0.2) is 19.3 Å². The highest BCUT2D eigenvalue weighted by molar-refractivity contribution is 14.1. The van der Waals surface area contributed by atoms with E-state index in [1.807, 2.05) is 6.08 Å². The Morgan fingerprint density at radius 1 is 1.04 bits per heavy atom. The molecule has 3 aliphatic rings. The van der Waals surface area contributed by atoms with Crippen LogP contribution in [0.1, 0.15) is 38.5 Å². The van der Waals surface area contributed by atoms with Crippen molar-refractivity contribution in [3.05, 3.63) is 19.3 Å². The molecule has 3 rings (SSSR count). The highest BCUT2D eigenvalue weighted by Crippen LogP contribution is 2.56. The summed E-state index contributed by atoms with van der Waals surface area (Å²) in [5.74, 6) is -2.20. The number of Topliss-reactive ketones (excluding diaryl/α,β-unsaturated/α-hetero) is 1. The highest BCUT2D eigenvalue weighted by atomic mass is 127. The molecule has 11 heteroatoms. The van der Waals surface area contributed by atoms with Gasteiger partial charge in [-0.05, 0) is 70.9 Å². The van der Waals surface area contributed by atoms with Crippen LogP contribution in [0.4, 0.5) is 20.4 Å². The van der Waals surface area contributed by atoms with Gasteiger partial charge in [0.15, 0.2) is 5.78 Å². The van der Waals surface area contributed by atoms with E-state index in [-0.39, 0.29) is 36.3 Å². The fraction of sp³-hybridized carbons (Fsp3) is 0.688. The minimum absolute atomic E-state index is 0.00116. The number of carbonyl (C=O) groups excluding carboxylic acids is 1. The Balaban J connectivity index is 0.000000204. The van der Waals surface area contributed by atoms with Crippen LogP contribution in [0.25, 0.3) is 0 Å². The Kier molecular flexibility index (Phi) is 11.6. The van der Waals surface area contributed by atoms with Crippen molar-refractivity contribution in [2.24, 2.45) is 0 Å². The predicted octanol–water partition coefficient (Wildman–Crippen LogP) is 6.87. The van der Waals surface area contributed by atoms with Gasteiger partial charge in [-0.3, -0.25) is 4.79 Å². The standard InChI is InChI=1S/C6H7F2I.C6H7IO.C4H8F3NOS/c7-6(8)4-2-1-3-5(6)9;7-5-3-1-2-4-6(5)8;5-10(6,7)8-1-3-9-4-2-8/h3H,1-2,4H2;3H,1-2,4H2;1-4H2. The molecule has 0 N–H and O–H groups in total. The smallest absolute Gasteiger partial charge is 0.278 e. The summed E-state index contributed by atoms with van der Waals surface area (Å²) in [5, 5.41) is 0. The number of ketones is 1. The van der Waals surface area contributed by atoms with Crippen LogP contribution in [-0.2, 0) is 9.53 Å². The van der Waals surface area contributed by atoms with Crippen molar-refractivity contribution in [3.63, 3.8) is 0 Å². The number of hydrogen-bond acceptors (Lipinski definition) is 3. The zero-order valence-corrected chi connectivity index (χ0v) is 19.7. The maximum Gasteiger partial charge on any atom is 0.278 e. The maximum atomic E-state index is 12.5. The summed E-state index contributed by atoms with van der Waals surface area (Å²) >= 11 is -1.17. The second kappa shape index (κ2) is 12.3. The normalized spacial score (nSPS) is 23.7. The van der Waals surface area contributed by atoms with E-state index in [9.17, 15) is 25.2 Å². The summed E-state index contributed by atoms with van der Waals surface area (Å²) in [4.78, 5) is 10.7. The van der Waals surface area contributed by atoms with E-state index in [1.165, 1.54) is 0 Å². The van der Waals surface area contributed by atoms with Crippen LogP contribution in [0, 0.1) is 0 Å². The topological polar surface area (TPSA) is 29.5 Å². The first kappa shape index (κ1) is 25.6. The van der Waals surface area contributed by atoms with Gasteiger partial charge < -0.3 is 4.74 Å². The molecule has 0 aromatic rings. The number of rotatable bonds is 1. The molecule has 1 saturated heterocycles. The second-order valence-corrected chi connectivity index (χ2v) is 9.54. The molecule has 0 amide bonds. The molecular weight excluding hydrogens is 619 g/mol. The third-order valence-corrected chi connectivity index (χ3v) is 7.05. The molecule has 0 aromatic heterocycles. The van der Waals surface area contributed by atoms with Crippen molar-refractivity contribution < 1.29 is 30.0 Å². The molecule has 0 saturated carbocycles. The molecule has 1 aliphatic heterocycles. The van der Waals surface area contributed by atoms with Crippen LogP contribution in [0.3, 0.4) is 0 Å². The molecule has 3 nitrogen and oxygen atoms in total. The van der Waals surface area contributed by atoms with E-state index in [1.54, 1.807) is 28.7 Å². The average molecular weight is 641 g/mol. The monoisotopic (exact) mass is 641 g/mol. The van der Waals surface area contributed by atoms with Gasteiger partial charge in [0.2, 0.25) is 0 Å². The zero-order chi connectivity index (χ0) is 20.5. The number of ether oxygens (including phenoxy) is 1. The van der Waals surface area contributed by atoms with Gasteiger partial charge in [0.1, 0.15) is 0 Å². The summed E-state index contributed by atoms with van der Waals surface area (Å²) in [6.45, 7) is 0.399. The van der Waals surface area contributed by atoms with Crippen molar-refractivity contribution in [2.75, 3.05) is 26.3 Å². The fourth-order valence-corrected chi connectivity index (χ4v) is 4.03. The number of alkyl halides is 2. The van der Waals surface area contributed by atoms with E-state index >= 15 is 0 Å². The number of morpholine rings is 1. The van der Waals surface area contributed by atoms with Gasteiger partial charge in [0.25, 0.3) is 17.3 Å². The largest absolute Gasteiger partial charge is 0.379 e. The van der Waals surface area contributed by atoms with Gasteiger partial charge in [-0.1, -0.05) is 12.2 Å². The Bertz CT molecular complexity index is 549. The zero-order valence-electron chi connectivity index (χ0n) is 14.5. The molecule has 0 atom stereocenters. The van der Waals surface area contributed by atoms with Crippen LogP contribution in [0.2, 0.25) is 0 Å². The Hall–Kier alpha value is 0.530. The second-order valence-electron chi connectivity index (χ2n) is 5.94. The summed E-state index contributed by atoms with van der Waals surface area (Å²) < 4.78 is 67.2. The first-order valence-corrected chi connectivity index (χ1v) is 11.9. The van der Waals surface area contributed by atoms with Crippen molar-refractivity contribution >= 4 is 62.3 Å². The van der Waals surface area contributed by atoms with E-state index in [2.05, 4.69) is 22.6 Å². The van der Waals surface area contributed by atoms with Crippen molar-refractivity contribution in [2.45, 2.75) is 44.4 Å². The minimum Gasteiger partial charge on any atom is -0.379 e. The van der Waals surface area contributed by atoms with E-state index in [4.69, 9.17) is 4.74 Å². The number of hydrogen-bond donors (Lipinski definition) is 0. The molecule has 0 unspecified atom stereocenters. The lowest BCUT2D eigenvalue weighted by molar-refractivity contribution is -0.115. The van der Waals surface area contributed by atoms with Gasteiger partial charge >= 0.3 is 0 Å². The summed E-state index contributed by atoms with van der Waals surface area (Å²) in [5.41, 5.74) is 0. The maximum absolute atomic E-state index is 12.5. The molecule has 0 radical (unpaired) electrons. The van der Waals surface area contributed by atoms with Crippen LogP contribution in [0.5, 0.6) is 0 Å². The van der Waals surface area contributed by atoms with Crippen LogP contribution < -0.4 is 0 Å². The van der Waals surface area contributed by atoms with Crippen LogP contribution >= 0.6 is 56.6 Å². The minimum atomic E-state index is -4.97. The van der Waals surface area contributed by atoms with Gasteiger partial charge in [-0.2, -0.15) is 4.31 Å². The average Bonchev–Trinajstić information content (AvgIpc) is 2.61. The van der Waals surface area contributed by atoms with E-state index < -0.39 is 17.3 Å². The molecule has 0 aromatic carbocycles. The Labute approximate surface area is 185 Å². The summed E-state index contributed by atoms with van der Waals surface area (Å²) in [7, 11) is 0. The summed E-state index contributed by atoms with van der Waals surface area (Å²) in [6, 6.07) is 0. The SMILES string of the molecule is FC1(F)CCCC=C1I.FS(F)(F)N1CCOCC1.O=C1CCCC=C1I. The number of allylic oxidation sites excluding steroid dienone is 4. The number of halogens is 7. The third-order valence-electron chi connectivity index (χ3n) is 3.83. The van der Waals surface area contributed by atoms with Crippen molar-refractivity contribution in [1.29, 1.82) is 0 Å². The van der Waals surface area contributed by atoms with E-state index in [0.29, 0.717) is 16.5 Å². The van der Waals surface area contributed by atoms with Crippen LogP contribution in [-0.4, -0.2) is 42.3 Å². The molecule has 27 heavy (non-hydrogen) atoms. The predicted molar refractivity (Wildman–Crippen MR) is 115 cm³/mol. The van der Waals surface area contributed by atoms with E-state index in [0.717, 1.165) is 29.3 Å². The molecule has 0 spiro atoms. The number of carbonyl (C=O) groups is 1. The van der Waals surface area contributed by atoms with Crippen molar-refractivity contribution in [3.8, 4) is 0 Å². The molecule has 1 heterocycles. The lowest BCUT2D eigenvalue weighted by Gasteiger charge is -2.29. The van der Waals surface area contributed by atoms with Gasteiger partial charge in [0, 0.05) is 25.9 Å². The highest BCUT2D eigenvalue weighted by Gasteiger charge is 2.33. The fourth-order valence-electron chi connectivity index (χ4n) is 2.30. The Morgan fingerprint density at radius 2 is 1.63 bits per heavy atom. The molecule has 158 valence electrons. The molecular formula is C16H22F5I2NO2S. The molecule has 1 fully saturated rings. The van der Waals surface area contributed by atoms with Crippen molar-refractivity contribution in [1.82, 2.24) is 4.31 Å². The molecule has 0 bridgehead atoms.